The van der Waals surface area contributed by atoms with Gasteiger partial charge in [-0.1, -0.05) is 12.1 Å². The Morgan fingerprint density at radius 2 is 2.10 bits per heavy atom. The van der Waals surface area contributed by atoms with E-state index in [4.69, 9.17) is 4.74 Å². The lowest BCUT2D eigenvalue weighted by molar-refractivity contribution is -0.148. The van der Waals surface area contributed by atoms with Crippen molar-refractivity contribution in [3.8, 4) is 0 Å². The highest BCUT2D eigenvalue weighted by Gasteiger charge is 2.39. The molecule has 1 unspecified atom stereocenters. The first kappa shape index (κ1) is 15.9. The van der Waals surface area contributed by atoms with E-state index in [2.05, 4.69) is 0 Å². The minimum Gasteiger partial charge on any atom is -0.465 e. The van der Waals surface area contributed by atoms with Gasteiger partial charge in [-0.15, -0.1) is 0 Å². The van der Waals surface area contributed by atoms with Gasteiger partial charge in [0, 0.05) is 6.54 Å². The van der Waals surface area contributed by atoms with Crippen LogP contribution in [0.15, 0.2) is 29.2 Å². The van der Waals surface area contributed by atoms with Crippen LogP contribution in [0.25, 0.3) is 0 Å². The molecule has 1 atom stereocenters. The highest BCUT2D eigenvalue weighted by molar-refractivity contribution is 7.89. The fraction of sp³-hybridized carbons (Fsp3) is 0.500. The Kier molecular flexibility index (Phi) is 4.95. The van der Waals surface area contributed by atoms with Gasteiger partial charge in [0.05, 0.1) is 6.61 Å². The summed E-state index contributed by atoms with van der Waals surface area (Å²) in [4.78, 5) is 11.5. The van der Waals surface area contributed by atoms with Crippen LogP contribution in [0, 0.1) is 5.82 Å². The number of piperidine rings is 1. The molecule has 116 valence electrons. The van der Waals surface area contributed by atoms with Gasteiger partial charge in [0.15, 0.2) is 0 Å². The molecule has 0 N–H and O–H groups in total. The molecule has 1 saturated heterocycles. The van der Waals surface area contributed by atoms with Gasteiger partial charge in [-0.05, 0) is 38.3 Å². The molecule has 0 aliphatic carbocycles. The van der Waals surface area contributed by atoms with Crippen molar-refractivity contribution in [3.63, 3.8) is 0 Å². The van der Waals surface area contributed by atoms with Crippen LogP contribution in [0.4, 0.5) is 4.39 Å². The first-order valence-electron chi connectivity index (χ1n) is 6.91. The van der Waals surface area contributed by atoms with Crippen molar-refractivity contribution in [2.45, 2.75) is 37.1 Å². The Bertz CT molecular complexity index is 617. The topological polar surface area (TPSA) is 63.7 Å². The molecule has 5 nitrogen and oxygen atoms in total. The standard InChI is InChI=1S/C14H18FNO4S/c1-2-20-14(17)12-8-5-6-10-16(12)21(18,19)13-9-4-3-7-11(13)15/h3-4,7,9,12H,2,5-6,8,10H2,1H3. The molecule has 7 heteroatoms. The summed E-state index contributed by atoms with van der Waals surface area (Å²) in [5, 5.41) is 0. The molecule has 0 spiro atoms. The summed E-state index contributed by atoms with van der Waals surface area (Å²) in [5.74, 6) is -1.39. The van der Waals surface area contributed by atoms with E-state index in [1.165, 1.54) is 18.2 Å². The summed E-state index contributed by atoms with van der Waals surface area (Å²) in [6.45, 7) is 2.04. The van der Waals surface area contributed by atoms with Crippen LogP contribution in [0.1, 0.15) is 26.2 Å². The average Bonchev–Trinajstić information content (AvgIpc) is 2.48. The second-order valence-electron chi connectivity index (χ2n) is 4.81. The number of hydrogen-bond acceptors (Lipinski definition) is 4. The molecule has 1 aromatic carbocycles. The predicted molar refractivity (Wildman–Crippen MR) is 74.6 cm³/mol. The monoisotopic (exact) mass is 315 g/mol. The molecule has 0 radical (unpaired) electrons. The number of hydrogen-bond donors (Lipinski definition) is 0. The number of esters is 1. The number of benzene rings is 1. The van der Waals surface area contributed by atoms with E-state index in [1.807, 2.05) is 0 Å². The summed E-state index contributed by atoms with van der Waals surface area (Å²) in [5.41, 5.74) is 0. The van der Waals surface area contributed by atoms with Crippen LogP contribution in [-0.4, -0.2) is 37.9 Å². The summed E-state index contributed by atoms with van der Waals surface area (Å²) in [6, 6.07) is 4.31. The van der Waals surface area contributed by atoms with Crippen LogP contribution >= 0.6 is 0 Å². The van der Waals surface area contributed by atoms with Crippen LogP contribution in [-0.2, 0) is 19.6 Å². The van der Waals surface area contributed by atoms with E-state index < -0.39 is 32.7 Å². The van der Waals surface area contributed by atoms with Gasteiger partial charge in [-0.3, -0.25) is 4.79 Å². The van der Waals surface area contributed by atoms with Crippen molar-refractivity contribution in [3.05, 3.63) is 30.1 Å². The van der Waals surface area contributed by atoms with Crippen LogP contribution in [0.5, 0.6) is 0 Å². The zero-order valence-corrected chi connectivity index (χ0v) is 12.6. The summed E-state index contributed by atoms with van der Waals surface area (Å²) < 4.78 is 45.0. The molecule has 0 amide bonds. The average molecular weight is 315 g/mol. The maximum absolute atomic E-state index is 13.8. The maximum atomic E-state index is 13.8. The SMILES string of the molecule is CCOC(=O)C1CCCCN1S(=O)(=O)c1ccccc1F. The van der Waals surface area contributed by atoms with Crippen molar-refractivity contribution < 1.29 is 22.3 Å². The molecule has 1 aliphatic heterocycles. The fourth-order valence-electron chi connectivity index (χ4n) is 2.45. The second kappa shape index (κ2) is 6.53. The van der Waals surface area contributed by atoms with Gasteiger partial charge in [0.2, 0.25) is 10.0 Å². The van der Waals surface area contributed by atoms with Crippen molar-refractivity contribution in [2.24, 2.45) is 0 Å². The Balaban J connectivity index is 2.36. The Morgan fingerprint density at radius 1 is 1.38 bits per heavy atom. The molecule has 2 rings (SSSR count). The van der Waals surface area contributed by atoms with Crippen LogP contribution in [0.2, 0.25) is 0 Å². The third-order valence-corrected chi connectivity index (χ3v) is 5.38. The zero-order chi connectivity index (χ0) is 15.5. The molecule has 21 heavy (non-hydrogen) atoms. The normalized spacial score (nSPS) is 20.2. The summed E-state index contributed by atoms with van der Waals surface area (Å²) >= 11 is 0. The van der Waals surface area contributed by atoms with Crippen molar-refractivity contribution in [2.75, 3.05) is 13.2 Å². The van der Waals surface area contributed by atoms with Gasteiger partial charge in [-0.25, -0.2) is 12.8 Å². The summed E-state index contributed by atoms with van der Waals surface area (Å²) in [7, 11) is -4.05. The first-order valence-corrected chi connectivity index (χ1v) is 8.35. The number of carbonyl (C=O) groups is 1. The van der Waals surface area contributed by atoms with Gasteiger partial charge in [-0.2, -0.15) is 4.31 Å². The van der Waals surface area contributed by atoms with E-state index in [0.29, 0.717) is 12.8 Å². The van der Waals surface area contributed by atoms with E-state index >= 15 is 0 Å². The largest absolute Gasteiger partial charge is 0.465 e. The number of sulfonamides is 1. The lowest BCUT2D eigenvalue weighted by Crippen LogP contribution is -2.48. The summed E-state index contributed by atoms with van der Waals surface area (Å²) in [6.07, 6.45) is 1.78. The molecule has 1 aromatic rings. The van der Waals surface area contributed by atoms with Gasteiger partial charge >= 0.3 is 5.97 Å². The first-order chi connectivity index (χ1) is 9.98. The lowest BCUT2D eigenvalue weighted by atomic mass is 10.1. The lowest BCUT2D eigenvalue weighted by Gasteiger charge is -2.32. The predicted octanol–water partition coefficient (Wildman–Crippen LogP) is 1.93. The van der Waals surface area contributed by atoms with E-state index in [1.54, 1.807) is 6.92 Å². The van der Waals surface area contributed by atoms with Gasteiger partial charge in [0.1, 0.15) is 16.8 Å². The maximum Gasteiger partial charge on any atom is 0.324 e. The van der Waals surface area contributed by atoms with Gasteiger partial charge in [0.25, 0.3) is 0 Å². The van der Waals surface area contributed by atoms with Crippen molar-refractivity contribution >= 4 is 16.0 Å². The molecular formula is C14H18FNO4S. The molecular weight excluding hydrogens is 297 g/mol. The number of nitrogens with zero attached hydrogens (tertiary/aromatic N) is 1. The number of halogens is 1. The third kappa shape index (κ3) is 3.24. The molecule has 0 bridgehead atoms. The van der Waals surface area contributed by atoms with Crippen LogP contribution < -0.4 is 0 Å². The Hall–Kier alpha value is -1.47. The zero-order valence-electron chi connectivity index (χ0n) is 11.8. The van der Waals surface area contributed by atoms with E-state index in [-0.39, 0.29) is 13.2 Å². The minimum absolute atomic E-state index is 0.183. The molecule has 0 saturated carbocycles. The third-order valence-electron chi connectivity index (χ3n) is 3.44. The van der Waals surface area contributed by atoms with E-state index in [0.717, 1.165) is 16.8 Å². The highest BCUT2D eigenvalue weighted by Crippen LogP contribution is 2.27. The highest BCUT2D eigenvalue weighted by atomic mass is 32.2. The van der Waals surface area contributed by atoms with Crippen molar-refractivity contribution in [1.29, 1.82) is 0 Å². The van der Waals surface area contributed by atoms with Crippen molar-refractivity contribution in [1.82, 2.24) is 4.31 Å². The molecule has 1 aliphatic rings. The molecule has 0 aromatic heterocycles. The fourth-order valence-corrected chi connectivity index (χ4v) is 4.16. The van der Waals surface area contributed by atoms with Crippen LogP contribution in [0.3, 0.4) is 0 Å². The molecule has 1 heterocycles. The Labute approximate surface area is 123 Å². The number of carbonyl (C=O) groups excluding carboxylic acids is 1. The Morgan fingerprint density at radius 3 is 2.76 bits per heavy atom. The van der Waals surface area contributed by atoms with E-state index in [9.17, 15) is 17.6 Å². The number of rotatable bonds is 4. The second-order valence-corrected chi connectivity index (χ2v) is 6.67. The quantitative estimate of drug-likeness (QED) is 0.797. The molecule has 1 fully saturated rings. The smallest absolute Gasteiger partial charge is 0.324 e. The van der Waals surface area contributed by atoms with Gasteiger partial charge < -0.3 is 4.74 Å². The minimum atomic E-state index is -4.05. The number of ether oxygens (including phenoxy) is 1.